The van der Waals surface area contributed by atoms with Gasteiger partial charge in [-0.1, -0.05) is 30.2 Å². The summed E-state index contributed by atoms with van der Waals surface area (Å²) in [5.41, 5.74) is 5.30. The van der Waals surface area contributed by atoms with Crippen molar-refractivity contribution in [1.82, 2.24) is 5.43 Å². The molecule has 0 aliphatic heterocycles. The monoisotopic (exact) mass is 224 g/mol. The number of hydrogen-bond acceptors (Lipinski definition) is 2. The molecule has 1 aromatic carbocycles. The van der Waals surface area contributed by atoms with E-state index in [1.165, 1.54) is 24.8 Å². The molecule has 3 heteroatoms. The Bertz CT molecular complexity index is 347. The van der Waals surface area contributed by atoms with Crippen molar-refractivity contribution >= 4 is 11.6 Å². The Balaban J connectivity index is 2.21. The van der Waals surface area contributed by atoms with Crippen LogP contribution in [-0.4, -0.2) is 0 Å². The third-order valence-corrected chi connectivity index (χ3v) is 3.77. The highest BCUT2D eigenvalue weighted by molar-refractivity contribution is 6.31. The van der Waals surface area contributed by atoms with Crippen LogP contribution in [-0.2, 0) is 0 Å². The minimum Gasteiger partial charge on any atom is -0.271 e. The second-order valence-corrected chi connectivity index (χ2v) is 4.75. The van der Waals surface area contributed by atoms with Crippen LogP contribution in [0.3, 0.4) is 0 Å². The molecule has 0 saturated heterocycles. The van der Waals surface area contributed by atoms with E-state index in [-0.39, 0.29) is 6.04 Å². The molecule has 2 nitrogen and oxygen atoms in total. The molecule has 0 spiro atoms. The van der Waals surface area contributed by atoms with Crippen LogP contribution in [0.4, 0.5) is 0 Å². The number of rotatable bonds is 3. The number of hydrogen-bond donors (Lipinski definition) is 2. The van der Waals surface area contributed by atoms with E-state index in [2.05, 4.69) is 17.6 Å². The maximum absolute atomic E-state index is 6.00. The van der Waals surface area contributed by atoms with Gasteiger partial charge in [0, 0.05) is 11.1 Å². The molecule has 0 heterocycles. The third kappa shape index (κ3) is 2.17. The second-order valence-electron chi connectivity index (χ2n) is 4.34. The molecule has 3 N–H and O–H groups in total. The lowest BCUT2D eigenvalue weighted by Gasteiger charge is -2.33. The van der Waals surface area contributed by atoms with Gasteiger partial charge in [-0.05, 0) is 42.9 Å². The number of nitrogens with one attached hydrogen (secondary N) is 1. The zero-order valence-electron chi connectivity index (χ0n) is 8.96. The van der Waals surface area contributed by atoms with E-state index in [1.807, 2.05) is 13.0 Å². The highest BCUT2D eigenvalue weighted by atomic mass is 35.5. The summed E-state index contributed by atoms with van der Waals surface area (Å²) in [4.78, 5) is 0. The van der Waals surface area contributed by atoms with Gasteiger partial charge >= 0.3 is 0 Å². The first-order valence-corrected chi connectivity index (χ1v) is 5.82. The zero-order chi connectivity index (χ0) is 10.8. The first-order chi connectivity index (χ1) is 7.22. The average molecular weight is 225 g/mol. The standard InChI is InChI=1S/C12H17ClN2/c1-8-7-10(5-6-11(8)13)12(15-14)9-3-2-4-9/h5-7,9,12,15H,2-4,14H2,1H3. The third-order valence-electron chi connectivity index (χ3n) is 3.34. The van der Waals surface area contributed by atoms with Crippen molar-refractivity contribution in [3.8, 4) is 0 Å². The molecule has 1 fully saturated rings. The number of benzene rings is 1. The molecular weight excluding hydrogens is 208 g/mol. The number of nitrogens with two attached hydrogens (primary N) is 1. The summed E-state index contributed by atoms with van der Waals surface area (Å²) < 4.78 is 0. The van der Waals surface area contributed by atoms with Crippen LogP contribution >= 0.6 is 11.6 Å². The summed E-state index contributed by atoms with van der Waals surface area (Å²) in [5.74, 6) is 6.31. The van der Waals surface area contributed by atoms with Gasteiger partial charge < -0.3 is 0 Å². The molecule has 82 valence electrons. The van der Waals surface area contributed by atoms with E-state index in [1.54, 1.807) is 0 Å². The van der Waals surface area contributed by atoms with E-state index in [0.29, 0.717) is 5.92 Å². The van der Waals surface area contributed by atoms with Crippen LogP contribution in [0.15, 0.2) is 18.2 Å². The zero-order valence-corrected chi connectivity index (χ0v) is 9.72. The lowest BCUT2D eigenvalue weighted by molar-refractivity contribution is 0.232. The maximum atomic E-state index is 6.00. The first kappa shape index (κ1) is 10.9. The molecule has 2 rings (SSSR count). The van der Waals surface area contributed by atoms with E-state index in [9.17, 15) is 0 Å². The molecule has 1 aliphatic rings. The Morgan fingerprint density at radius 3 is 2.67 bits per heavy atom. The highest BCUT2D eigenvalue weighted by Gasteiger charge is 2.27. The fraction of sp³-hybridized carbons (Fsp3) is 0.500. The summed E-state index contributed by atoms with van der Waals surface area (Å²) >= 11 is 6.00. The van der Waals surface area contributed by atoms with Gasteiger partial charge in [-0.15, -0.1) is 0 Å². The summed E-state index contributed by atoms with van der Waals surface area (Å²) in [7, 11) is 0. The predicted octanol–water partition coefficient (Wildman–Crippen LogP) is 2.95. The van der Waals surface area contributed by atoms with Crippen molar-refractivity contribution < 1.29 is 0 Å². The van der Waals surface area contributed by atoms with Gasteiger partial charge in [0.05, 0.1) is 0 Å². The Morgan fingerprint density at radius 1 is 1.47 bits per heavy atom. The van der Waals surface area contributed by atoms with Gasteiger partial charge in [0.1, 0.15) is 0 Å². The Hall–Kier alpha value is -0.570. The maximum Gasteiger partial charge on any atom is 0.0488 e. The van der Waals surface area contributed by atoms with E-state index < -0.39 is 0 Å². The van der Waals surface area contributed by atoms with Crippen molar-refractivity contribution in [3.05, 3.63) is 34.3 Å². The van der Waals surface area contributed by atoms with Crippen molar-refractivity contribution in [2.24, 2.45) is 11.8 Å². The Labute approximate surface area is 95.8 Å². The highest BCUT2D eigenvalue weighted by Crippen LogP contribution is 2.37. The largest absolute Gasteiger partial charge is 0.271 e. The number of hydrazine groups is 1. The lowest BCUT2D eigenvalue weighted by atomic mass is 9.77. The van der Waals surface area contributed by atoms with Crippen molar-refractivity contribution in [2.45, 2.75) is 32.2 Å². The summed E-state index contributed by atoms with van der Waals surface area (Å²) in [6.07, 6.45) is 3.88. The van der Waals surface area contributed by atoms with Crippen LogP contribution in [0.2, 0.25) is 5.02 Å². The molecule has 0 radical (unpaired) electrons. The van der Waals surface area contributed by atoms with Crippen LogP contribution in [0.5, 0.6) is 0 Å². The van der Waals surface area contributed by atoms with Crippen LogP contribution in [0.25, 0.3) is 0 Å². The summed E-state index contributed by atoms with van der Waals surface area (Å²) in [6.45, 7) is 2.03. The van der Waals surface area contributed by atoms with Crippen LogP contribution in [0, 0.1) is 12.8 Å². The van der Waals surface area contributed by atoms with Gasteiger partial charge in [-0.2, -0.15) is 0 Å². The average Bonchev–Trinajstić information content (AvgIpc) is 2.16. The smallest absolute Gasteiger partial charge is 0.0488 e. The molecule has 15 heavy (non-hydrogen) atoms. The minimum absolute atomic E-state index is 0.287. The second kappa shape index (κ2) is 4.52. The Morgan fingerprint density at radius 2 is 2.20 bits per heavy atom. The summed E-state index contributed by atoms with van der Waals surface area (Å²) in [5, 5.41) is 0.822. The topological polar surface area (TPSA) is 38.0 Å². The molecule has 1 saturated carbocycles. The van der Waals surface area contributed by atoms with Gasteiger partial charge in [-0.3, -0.25) is 11.3 Å². The SMILES string of the molecule is Cc1cc(C(NN)C2CCC2)ccc1Cl. The van der Waals surface area contributed by atoms with E-state index in [4.69, 9.17) is 17.4 Å². The molecule has 0 amide bonds. The normalized spacial score (nSPS) is 18.6. The molecule has 0 aromatic heterocycles. The molecular formula is C12H17ClN2. The van der Waals surface area contributed by atoms with Crippen LogP contribution < -0.4 is 11.3 Å². The quantitative estimate of drug-likeness (QED) is 0.612. The molecule has 1 unspecified atom stereocenters. The lowest BCUT2D eigenvalue weighted by Crippen LogP contribution is -2.36. The Kier molecular flexibility index (Phi) is 3.29. The fourth-order valence-electron chi connectivity index (χ4n) is 2.14. The summed E-state index contributed by atoms with van der Waals surface area (Å²) in [6, 6.07) is 6.44. The van der Waals surface area contributed by atoms with Gasteiger partial charge in [0.25, 0.3) is 0 Å². The molecule has 1 atom stereocenters. The van der Waals surface area contributed by atoms with Crippen molar-refractivity contribution in [2.75, 3.05) is 0 Å². The van der Waals surface area contributed by atoms with Crippen molar-refractivity contribution in [1.29, 1.82) is 0 Å². The van der Waals surface area contributed by atoms with Gasteiger partial charge in [0.2, 0.25) is 0 Å². The number of halogens is 1. The fourth-order valence-corrected chi connectivity index (χ4v) is 2.26. The van der Waals surface area contributed by atoms with Gasteiger partial charge in [0.15, 0.2) is 0 Å². The molecule has 1 aromatic rings. The number of aryl methyl sites for hydroxylation is 1. The van der Waals surface area contributed by atoms with Crippen molar-refractivity contribution in [3.63, 3.8) is 0 Å². The van der Waals surface area contributed by atoms with Crippen LogP contribution in [0.1, 0.15) is 36.4 Å². The van der Waals surface area contributed by atoms with Gasteiger partial charge in [-0.25, -0.2) is 0 Å². The van der Waals surface area contributed by atoms with E-state index in [0.717, 1.165) is 10.6 Å². The molecule has 0 bridgehead atoms. The first-order valence-electron chi connectivity index (χ1n) is 5.44. The predicted molar refractivity (Wildman–Crippen MR) is 63.6 cm³/mol. The van der Waals surface area contributed by atoms with E-state index >= 15 is 0 Å². The minimum atomic E-state index is 0.287. The molecule has 1 aliphatic carbocycles.